The minimum absolute atomic E-state index is 0.263. The summed E-state index contributed by atoms with van der Waals surface area (Å²) in [6, 6.07) is 8.30. The highest BCUT2D eigenvalue weighted by Gasteiger charge is 2.12. The lowest BCUT2D eigenvalue weighted by molar-refractivity contribution is 0.410. The number of aromatic nitrogens is 2. The molecular formula is C15H21N3OS. The fourth-order valence-corrected chi connectivity index (χ4v) is 2.87. The third-order valence-electron chi connectivity index (χ3n) is 3.09. The van der Waals surface area contributed by atoms with Crippen molar-refractivity contribution >= 4 is 11.3 Å². The number of methoxy groups -OCH3 is 1. The molecule has 108 valence electrons. The van der Waals surface area contributed by atoms with Gasteiger partial charge in [0.25, 0.3) is 0 Å². The minimum atomic E-state index is 0.263. The number of hydrogen-bond acceptors (Lipinski definition) is 5. The summed E-state index contributed by atoms with van der Waals surface area (Å²) in [5.41, 5.74) is 1.15. The van der Waals surface area contributed by atoms with Gasteiger partial charge in [-0.15, -0.1) is 10.2 Å². The maximum absolute atomic E-state index is 5.37. The molecule has 0 aliphatic rings. The molecule has 0 spiro atoms. The van der Waals surface area contributed by atoms with Crippen molar-refractivity contribution in [1.29, 1.82) is 0 Å². The molecule has 0 aliphatic heterocycles. The van der Waals surface area contributed by atoms with Gasteiger partial charge in [0.1, 0.15) is 15.8 Å². The highest BCUT2D eigenvalue weighted by atomic mass is 32.1. The molecule has 0 radical (unpaired) electrons. The van der Waals surface area contributed by atoms with Gasteiger partial charge in [-0.3, -0.25) is 0 Å². The fraction of sp³-hybridized carbons (Fsp3) is 0.467. The van der Waals surface area contributed by atoms with Crippen molar-refractivity contribution in [3.63, 3.8) is 0 Å². The Balaban J connectivity index is 2.05. The van der Waals surface area contributed by atoms with E-state index >= 15 is 0 Å². The predicted molar refractivity (Wildman–Crippen MR) is 82.4 cm³/mol. The van der Waals surface area contributed by atoms with E-state index in [1.54, 1.807) is 18.4 Å². The lowest BCUT2D eigenvalue weighted by atomic mass is 10.1. The molecule has 1 unspecified atom stereocenters. The molecule has 0 saturated carbocycles. The lowest BCUT2D eigenvalue weighted by Gasteiger charge is -2.08. The molecule has 4 nitrogen and oxygen atoms in total. The SMILES string of the molecule is CCCNC(C)c1nnc(Cc2ccccc2OC)s1. The molecule has 0 bridgehead atoms. The first-order valence-electron chi connectivity index (χ1n) is 6.92. The zero-order valence-electron chi connectivity index (χ0n) is 12.2. The standard InChI is InChI=1S/C15H21N3OS/c1-4-9-16-11(2)15-18-17-14(20-15)10-12-7-5-6-8-13(12)19-3/h5-8,11,16H,4,9-10H2,1-3H3. The molecular weight excluding hydrogens is 270 g/mol. The highest BCUT2D eigenvalue weighted by Crippen LogP contribution is 2.24. The van der Waals surface area contributed by atoms with Gasteiger partial charge in [0.05, 0.1) is 13.2 Å². The van der Waals surface area contributed by atoms with Crippen LogP contribution in [0, 0.1) is 0 Å². The highest BCUT2D eigenvalue weighted by molar-refractivity contribution is 7.11. The number of nitrogens with one attached hydrogen (secondary N) is 1. The van der Waals surface area contributed by atoms with Crippen LogP contribution in [0.5, 0.6) is 5.75 Å². The van der Waals surface area contributed by atoms with Crippen LogP contribution < -0.4 is 10.1 Å². The van der Waals surface area contributed by atoms with Crippen LogP contribution in [0.1, 0.15) is 41.9 Å². The smallest absolute Gasteiger partial charge is 0.134 e. The molecule has 2 rings (SSSR count). The second-order valence-electron chi connectivity index (χ2n) is 4.70. The number of nitrogens with zero attached hydrogens (tertiary/aromatic N) is 2. The Bertz CT molecular complexity index is 541. The third-order valence-corrected chi connectivity index (χ3v) is 4.19. The van der Waals surface area contributed by atoms with Crippen LogP contribution in [0.3, 0.4) is 0 Å². The predicted octanol–water partition coefficient (Wildman–Crippen LogP) is 3.20. The first-order chi connectivity index (χ1) is 9.74. The van der Waals surface area contributed by atoms with Crippen LogP contribution in [-0.2, 0) is 6.42 Å². The van der Waals surface area contributed by atoms with Gasteiger partial charge in [0.2, 0.25) is 0 Å². The summed E-state index contributed by atoms with van der Waals surface area (Å²) in [7, 11) is 1.70. The minimum Gasteiger partial charge on any atom is -0.496 e. The van der Waals surface area contributed by atoms with E-state index in [2.05, 4.69) is 35.4 Å². The Morgan fingerprint density at radius 2 is 2.10 bits per heavy atom. The number of ether oxygens (including phenoxy) is 1. The first-order valence-corrected chi connectivity index (χ1v) is 7.73. The van der Waals surface area contributed by atoms with Crippen molar-refractivity contribution in [2.45, 2.75) is 32.7 Å². The summed E-state index contributed by atoms with van der Waals surface area (Å²) in [6.07, 6.45) is 1.89. The van der Waals surface area contributed by atoms with Crippen molar-refractivity contribution in [3.05, 3.63) is 39.8 Å². The Kier molecular flexibility index (Phi) is 5.49. The normalized spacial score (nSPS) is 12.3. The van der Waals surface area contributed by atoms with E-state index in [9.17, 15) is 0 Å². The van der Waals surface area contributed by atoms with Gasteiger partial charge in [-0.25, -0.2) is 0 Å². The molecule has 0 amide bonds. The fourth-order valence-electron chi connectivity index (χ4n) is 1.97. The molecule has 1 N–H and O–H groups in total. The molecule has 0 aliphatic carbocycles. The summed E-state index contributed by atoms with van der Waals surface area (Å²) in [4.78, 5) is 0. The number of hydrogen-bond donors (Lipinski definition) is 1. The second kappa shape index (κ2) is 7.36. The second-order valence-corrected chi connectivity index (χ2v) is 5.79. The Hall–Kier alpha value is -1.46. The lowest BCUT2D eigenvalue weighted by Crippen LogP contribution is -2.18. The average Bonchev–Trinajstić information content (AvgIpc) is 2.94. The van der Waals surface area contributed by atoms with Gasteiger partial charge < -0.3 is 10.1 Å². The summed E-state index contributed by atoms with van der Waals surface area (Å²) in [5, 5.41) is 14.1. The van der Waals surface area contributed by atoms with E-state index in [1.165, 1.54) is 0 Å². The van der Waals surface area contributed by atoms with Crippen molar-refractivity contribution in [3.8, 4) is 5.75 Å². The van der Waals surface area contributed by atoms with Gasteiger partial charge in [0, 0.05) is 12.0 Å². The summed E-state index contributed by atoms with van der Waals surface area (Å²) in [5.74, 6) is 0.904. The molecule has 1 aromatic carbocycles. The van der Waals surface area contributed by atoms with Gasteiger partial charge in [-0.05, 0) is 26.0 Å². The van der Waals surface area contributed by atoms with Crippen LogP contribution in [-0.4, -0.2) is 23.9 Å². The largest absolute Gasteiger partial charge is 0.496 e. The van der Waals surface area contributed by atoms with Crippen LogP contribution in [0.2, 0.25) is 0 Å². The third kappa shape index (κ3) is 3.77. The summed E-state index contributed by atoms with van der Waals surface area (Å²) >= 11 is 1.67. The van der Waals surface area contributed by atoms with Gasteiger partial charge in [0.15, 0.2) is 0 Å². The maximum atomic E-state index is 5.37. The zero-order valence-corrected chi connectivity index (χ0v) is 13.0. The average molecular weight is 291 g/mol. The summed E-state index contributed by atoms with van der Waals surface area (Å²) in [6.45, 7) is 5.29. The van der Waals surface area contributed by atoms with Gasteiger partial charge >= 0.3 is 0 Å². The maximum Gasteiger partial charge on any atom is 0.134 e. The van der Waals surface area contributed by atoms with Crippen molar-refractivity contribution in [2.75, 3.05) is 13.7 Å². The Morgan fingerprint density at radius 1 is 1.30 bits per heavy atom. The molecule has 1 atom stereocenters. The monoisotopic (exact) mass is 291 g/mol. The Morgan fingerprint density at radius 3 is 2.85 bits per heavy atom. The number of benzene rings is 1. The number of rotatable bonds is 7. The van der Waals surface area contributed by atoms with Crippen molar-refractivity contribution < 1.29 is 4.74 Å². The topological polar surface area (TPSA) is 47.0 Å². The van der Waals surface area contributed by atoms with E-state index in [4.69, 9.17) is 4.74 Å². The quantitative estimate of drug-likeness (QED) is 0.851. The molecule has 0 fully saturated rings. The van der Waals surface area contributed by atoms with E-state index < -0.39 is 0 Å². The molecule has 0 saturated heterocycles. The van der Waals surface area contributed by atoms with E-state index in [1.807, 2.05) is 18.2 Å². The summed E-state index contributed by atoms with van der Waals surface area (Å²) < 4.78 is 5.37. The van der Waals surface area contributed by atoms with Crippen LogP contribution in [0.25, 0.3) is 0 Å². The van der Waals surface area contributed by atoms with E-state index in [0.29, 0.717) is 0 Å². The number of para-hydroxylation sites is 1. The first kappa shape index (κ1) is 14.9. The van der Waals surface area contributed by atoms with E-state index in [0.717, 1.165) is 40.7 Å². The molecule has 1 heterocycles. The van der Waals surface area contributed by atoms with E-state index in [-0.39, 0.29) is 6.04 Å². The molecule has 1 aromatic heterocycles. The van der Waals surface area contributed by atoms with Crippen LogP contribution in [0.4, 0.5) is 0 Å². The zero-order chi connectivity index (χ0) is 14.4. The molecule has 20 heavy (non-hydrogen) atoms. The van der Waals surface area contributed by atoms with Crippen molar-refractivity contribution in [2.24, 2.45) is 0 Å². The van der Waals surface area contributed by atoms with Crippen LogP contribution in [0.15, 0.2) is 24.3 Å². The van der Waals surface area contributed by atoms with Crippen LogP contribution >= 0.6 is 11.3 Å². The Labute approximate surface area is 124 Å². The molecule has 5 heteroatoms. The van der Waals surface area contributed by atoms with Crippen molar-refractivity contribution in [1.82, 2.24) is 15.5 Å². The van der Waals surface area contributed by atoms with Gasteiger partial charge in [-0.1, -0.05) is 36.5 Å². The molecule has 2 aromatic rings. The van der Waals surface area contributed by atoms with Gasteiger partial charge in [-0.2, -0.15) is 0 Å².